The molecular weight excluding hydrogens is 218 g/mol. The van der Waals surface area contributed by atoms with Gasteiger partial charge in [0.2, 0.25) is 0 Å². The molecule has 1 aliphatic carbocycles. The molecule has 1 fully saturated rings. The van der Waals surface area contributed by atoms with Crippen LogP contribution >= 0.6 is 11.3 Å². The summed E-state index contributed by atoms with van der Waals surface area (Å²) in [6, 6.07) is 0.665. The van der Waals surface area contributed by atoms with Crippen molar-refractivity contribution in [3.63, 3.8) is 0 Å². The van der Waals surface area contributed by atoms with Gasteiger partial charge in [-0.1, -0.05) is 13.8 Å². The molecule has 1 saturated carbocycles. The molecule has 0 aliphatic heterocycles. The van der Waals surface area contributed by atoms with E-state index >= 15 is 0 Å². The first-order valence-electron chi connectivity index (χ1n) is 5.96. The van der Waals surface area contributed by atoms with Gasteiger partial charge in [-0.05, 0) is 24.7 Å². The van der Waals surface area contributed by atoms with Crippen molar-refractivity contribution in [2.75, 3.05) is 0 Å². The van der Waals surface area contributed by atoms with Crippen LogP contribution in [0.3, 0.4) is 0 Å². The third-order valence-corrected chi connectivity index (χ3v) is 4.23. The van der Waals surface area contributed by atoms with Gasteiger partial charge < -0.3 is 11.1 Å². The van der Waals surface area contributed by atoms with E-state index in [-0.39, 0.29) is 0 Å². The molecule has 0 saturated heterocycles. The molecule has 0 amide bonds. The zero-order valence-corrected chi connectivity index (χ0v) is 10.9. The van der Waals surface area contributed by atoms with Crippen LogP contribution in [-0.4, -0.2) is 11.0 Å². The number of nitrogens with one attached hydrogen (secondary N) is 1. The molecule has 1 atom stereocenters. The summed E-state index contributed by atoms with van der Waals surface area (Å²) in [4.78, 5) is 4.46. The van der Waals surface area contributed by atoms with Gasteiger partial charge in [-0.25, -0.2) is 4.98 Å². The number of thiazole rings is 1. The van der Waals surface area contributed by atoms with Crippen LogP contribution in [0.1, 0.15) is 43.8 Å². The number of hydrogen-bond donors (Lipinski definition) is 2. The maximum absolute atomic E-state index is 5.54. The topological polar surface area (TPSA) is 50.9 Å². The quantitative estimate of drug-likeness (QED) is 0.847. The van der Waals surface area contributed by atoms with Crippen molar-refractivity contribution in [2.24, 2.45) is 11.1 Å². The first-order chi connectivity index (χ1) is 7.59. The standard InChI is InChI=1S/C12H21N3S/c1-12(2)4-3-9(5-12)14-7-10-8-16-11(6-13)15-10/h8-9,14H,3-7,13H2,1-2H3. The van der Waals surface area contributed by atoms with Crippen LogP contribution in [0, 0.1) is 5.41 Å². The van der Waals surface area contributed by atoms with Crippen LogP contribution < -0.4 is 11.1 Å². The monoisotopic (exact) mass is 239 g/mol. The summed E-state index contributed by atoms with van der Waals surface area (Å²) < 4.78 is 0. The van der Waals surface area contributed by atoms with Crippen LogP contribution in [0.25, 0.3) is 0 Å². The SMILES string of the molecule is CC1(C)CCC(NCc2csc(CN)n2)C1. The van der Waals surface area contributed by atoms with Crippen molar-refractivity contribution in [3.8, 4) is 0 Å². The van der Waals surface area contributed by atoms with Crippen molar-refractivity contribution < 1.29 is 0 Å². The fourth-order valence-electron chi connectivity index (χ4n) is 2.38. The van der Waals surface area contributed by atoms with E-state index in [1.807, 2.05) is 0 Å². The Morgan fingerprint density at radius 2 is 2.44 bits per heavy atom. The van der Waals surface area contributed by atoms with E-state index < -0.39 is 0 Å². The maximum atomic E-state index is 5.54. The predicted octanol–water partition coefficient (Wildman–Crippen LogP) is 2.27. The fourth-order valence-corrected chi connectivity index (χ4v) is 3.06. The lowest BCUT2D eigenvalue weighted by Crippen LogP contribution is -2.27. The Balaban J connectivity index is 1.80. The Morgan fingerprint density at radius 1 is 1.62 bits per heavy atom. The molecule has 1 heterocycles. The van der Waals surface area contributed by atoms with Crippen molar-refractivity contribution in [3.05, 3.63) is 16.1 Å². The number of rotatable bonds is 4. The largest absolute Gasteiger partial charge is 0.325 e. The Hall–Kier alpha value is -0.450. The Bertz CT molecular complexity index is 346. The van der Waals surface area contributed by atoms with E-state index in [0.717, 1.165) is 17.2 Å². The molecule has 0 bridgehead atoms. The van der Waals surface area contributed by atoms with Gasteiger partial charge in [0.1, 0.15) is 5.01 Å². The third-order valence-electron chi connectivity index (χ3n) is 3.31. The molecule has 1 aromatic rings. The molecule has 16 heavy (non-hydrogen) atoms. The second kappa shape index (κ2) is 4.82. The van der Waals surface area contributed by atoms with Gasteiger partial charge in [-0.2, -0.15) is 0 Å². The molecule has 4 heteroatoms. The average Bonchev–Trinajstić information content (AvgIpc) is 2.81. The second-order valence-corrected chi connectivity index (χ2v) is 6.36. The zero-order valence-electron chi connectivity index (χ0n) is 10.1. The molecule has 3 N–H and O–H groups in total. The minimum absolute atomic E-state index is 0.516. The molecule has 0 radical (unpaired) electrons. The lowest BCUT2D eigenvalue weighted by molar-refractivity contribution is 0.364. The van der Waals surface area contributed by atoms with Crippen LogP contribution in [0.2, 0.25) is 0 Å². The molecule has 90 valence electrons. The van der Waals surface area contributed by atoms with Gasteiger partial charge in [0.15, 0.2) is 0 Å². The van der Waals surface area contributed by atoms with Gasteiger partial charge >= 0.3 is 0 Å². The van der Waals surface area contributed by atoms with E-state index in [1.54, 1.807) is 11.3 Å². The first-order valence-corrected chi connectivity index (χ1v) is 6.84. The van der Waals surface area contributed by atoms with E-state index in [9.17, 15) is 0 Å². The van der Waals surface area contributed by atoms with Crippen molar-refractivity contribution in [2.45, 2.75) is 52.2 Å². The Labute approximate surface area is 101 Å². The minimum atomic E-state index is 0.516. The van der Waals surface area contributed by atoms with Gasteiger partial charge in [0.05, 0.1) is 5.69 Å². The highest BCUT2D eigenvalue weighted by Gasteiger charge is 2.30. The first kappa shape index (κ1) is 12.0. The third kappa shape index (κ3) is 3.03. The van der Waals surface area contributed by atoms with Crippen LogP contribution in [0.5, 0.6) is 0 Å². The van der Waals surface area contributed by atoms with Gasteiger partial charge in [0, 0.05) is 24.5 Å². The van der Waals surface area contributed by atoms with E-state index in [2.05, 4.69) is 29.5 Å². The zero-order chi connectivity index (χ0) is 11.6. The number of nitrogens with zero attached hydrogens (tertiary/aromatic N) is 1. The normalized spacial score (nSPS) is 23.8. The predicted molar refractivity (Wildman–Crippen MR) is 68.3 cm³/mol. The Kier molecular flexibility index (Phi) is 3.62. The number of aromatic nitrogens is 1. The fraction of sp³-hybridized carbons (Fsp3) is 0.750. The van der Waals surface area contributed by atoms with Crippen molar-refractivity contribution in [1.82, 2.24) is 10.3 Å². The molecular formula is C12H21N3S. The highest BCUT2D eigenvalue weighted by atomic mass is 32.1. The molecule has 0 spiro atoms. The lowest BCUT2D eigenvalue weighted by Gasteiger charge is -2.17. The summed E-state index contributed by atoms with van der Waals surface area (Å²) in [5.41, 5.74) is 7.19. The summed E-state index contributed by atoms with van der Waals surface area (Å²) in [5, 5.41) is 6.73. The van der Waals surface area contributed by atoms with E-state index in [4.69, 9.17) is 5.73 Å². The number of nitrogens with two attached hydrogens (primary N) is 1. The summed E-state index contributed by atoms with van der Waals surface area (Å²) in [6.07, 6.45) is 3.90. The van der Waals surface area contributed by atoms with E-state index in [0.29, 0.717) is 18.0 Å². The summed E-state index contributed by atoms with van der Waals surface area (Å²) in [5.74, 6) is 0. The van der Waals surface area contributed by atoms with Crippen LogP contribution in [0.15, 0.2) is 5.38 Å². The van der Waals surface area contributed by atoms with Gasteiger partial charge in [0.25, 0.3) is 0 Å². The van der Waals surface area contributed by atoms with Gasteiger partial charge in [-0.15, -0.1) is 11.3 Å². The smallest absolute Gasteiger partial charge is 0.106 e. The summed E-state index contributed by atoms with van der Waals surface area (Å²) in [7, 11) is 0. The molecule has 1 aromatic heterocycles. The van der Waals surface area contributed by atoms with Crippen LogP contribution in [0.4, 0.5) is 0 Å². The highest BCUT2D eigenvalue weighted by Crippen LogP contribution is 2.36. The molecule has 2 rings (SSSR count). The van der Waals surface area contributed by atoms with Crippen molar-refractivity contribution >= 4 is 11.3 Å². The Morgan fingerprint density at radius 3 is 3.00 bits per heavy atom. The summed E-state index contributed by atoms with van der Waals surface area (Å²) in [6.45, 7) is 6.15. The summed E-state index contributed by atoms with van der Waals surface area (Å²) >= 11 is 1.66. The van der Waals surface area contributed by atoms with E-state index in [1.165, 1.54) is 19.3 Å². The molecule has 1 unspecified atom stereocenters. The molecule has 0 aromatic carbocycles. The minimum Gasteiger partial charge on any atom is -0.325 e. The molecule has 1 aliphatic rings. The maximum Gasteiger partial charge on any atom is 0.106 e. The molecule has 3 nitrogen and oxygen atoms in total. The second-order valence-electron chi connectivity index (χ2n) is 5.42. The highest BCUT2D eigenvalue weighted by molar-refractivity contribution is 7.09. The van der Waals surface area contributed by atoms with Crippen molar-refractivity contribution in [1.29, 1.82) is 0 Å². The number of hydrogen-bond acceptors (Lipinski definition) is 4. The average molecular weight is 239 g/mol. The lowest BCUT2D eigenvalue weighted by atomic mass is 9.92. The van der Waals surface area contributed by atoms with Crippen LogP contribution in [-0.2, 0) is 13.1 Å². The van der Waals surface area contributed by atoms with Gasteiger partial charge in [-0.3, -0.25) is 0 Å².